The van der Waals surface area contributed by atoms with Gasteiger partial charge in [0.15, 0.2) is 19.7 Å². The molecule has 0 aliphatic heterocycles. The molecule has 24 heavy (non-hydrogen) atoms. The van der Waals surface area contributed by atoms with E-state index in [-0.39, 0.29) is 9.79 Å². The Morgan fingerprint density at radius 2 is 0.917 bits per heavy atom. The number of sulfone groups is 2. The van der Waals surface area contributed by atoms with E-state index < -0.39 is 43.4 Å². The van der Waals surface area contributed by atoms with Gasteiger partial charge in [0.25, 0.3) is 0 Å². The van der Waals surface area contributed by atoms with Crippen LogP contribution in [0.1, 0.15) is 0 Å². The van der Waals surface area contributed by atoms with Crippen molar-refractivity contribution in [3.8, 4) is 0 Å². The summed E-state index contributed by atoms with van der Waals surface area (Å²) in [5.74, 6) is 0. The van der Waals surface area contributed by atoms with Crippen LogP contribution in [-0.2, 0) is 19.7 Å². The first-order chi connectivity index (χ1) is 11.4. The van der Waals surface area contributed by atoms with Crippen LogP contribution in [-0.4, -0.2) is 50.8 Å². The van der Waals surface area contributed by atoms with Crippen LogP contribution in [0.25, 0.3) is 0 Å². The molecule has 2 aromatic carbocycles. The van der Waals surface area contributed by atoms with Gasteiger partial charge in [0.1, 0.15) is 10.5 Å². The molecule has 0 aliphatic carbocycles. The van der Waals surface area contributed by atoms with E-state index in [1.165, 1.54) is 48.5 Å². The summed E-state index contributed by atoms with van der Waals surface area (Å²) in [6, 6.07) is 14.5. The summed E-state index contributed by atoms with van der Waals surface area (Å²) in [4.78, 5) is -0.212. The molecule has 2 N–H and O–H groups in total. The largest absolute Gasteiger partial charge is 0.395 e. The first kappa shape index (κ1) is 18.6. The van der Waals surface area contributed by atoms with Gasteiger partial charge in [-0.25, -0.2) is 16.8 Å². The van der Waals surface area contributed by atoms with Crippen molar-refractivity contribution >= 4 is 19.7 Å². The standard InChI is InChI=1S/C16H18O6S2/c17-11-15(23(19,20)13-7-3-1-4-8-13)16(12-18)24(21,22)14-9-5-2-6-10-14/h1-10,15-18H,11-12H2. The van der Waals surface area contributed by atoms with Crippen molar-refractivity contribution in [2.75, 3.05) is 13.2 Å². The Hall–Kier alpha value is -1.74. The number of benzene rings is 2. The summed E-state index contributed by atoms with van der Waals surface area (Å²) in [6.07, 6.45) is 0. The van der Waals surface area contributed by atoms with Crippen molar-refractivity contribution in [1.82, 2.24) is 0 Å². The molecule has 2 atom stereocenters. The first-order valence-corrected chi connectivity index (χ1v) is 10.2. The van der Waals surface area contributed by atoms with Crippen LogP contribution in [0.4, 0.5) is 0 Å². The Kier molecular flexibility index (Phi) is 5.76. The monoisotopic (exact) mass is 370 g/mol. The van der Waals surface area contributed by atoms with Crippen LogP contribution in [0, 0.1) is 0 Å². The lowest BCUT2D eigenvalue weighted by Gasteiger charge is -2.24. The summed E-state index contributed by atoms with van der Waals surface area (Å²) in [5.41, 5.74) is 0. The second-order valence-electron chi connectivity index (χ2n) is 5.16. The highest BCUT2D eigenvalue weighted by Crippen LogP contribution is 2.26. The van der Waals surface area contributed by atoms with Crippen molar-refractivity contribution in [2.24, 2.45) is 0 Å². The Balaban J connectivity index is 2.52. The molecule has 0 saturated carbocycles. The topological polar surface area (TPSA) is 109 Å². The minimum atomic E-state index is -4.14. The normalized spacial score (nSPS) is 14.9. The molecular formula is C16H18O6S2. The SMILES string of the molecule is O=S(=O)(c1ccccc1)C(CO)C(CO)S(=O)(=O)c1ccccc1. The highest BCUT2D eigenvalue weighted by molar-refractivity contribution is 7.96. The number of hydrogen-bond donors (Lipinski definition) is 2. The van der Waals surface area contributed by atoms with Crippen molar-refractivity contribution in [1.29, 1.82) is 0 Å². The highest BCUT2D eigenvalue weighted by Gasteiger charge is 2.42. The average molecular weight is 370 g/mol. The molecule has 0 spiro atoms. The van der Waals surface area contributed by atoms with Crippen LogP contribution >= 0.6 is 0 Å². The van der Waals surface area contributed by atoms with Gasteiger partial charge in [0, 0.05) is 0 Å². The van der Waals surface area contributed by atoms with Gasteiger partial charge in [0.2, 0.25) is 0 Å². The van der Waals surface area contributed by atoms with E-state index in [2.05, 4.69) is 0 Å². The molecule has 0 bridgehead atoms. The van der Waals surface area contributed by atoms with Gasteiger partial charge < -0.3 is 10.2 Å². The van der Waals surface area contributed by atoms with Crippen LogP contribution < -0.4 is 0 Å². The Morgan fingerprint density at radius 3 is 1.17 bits per heavy atom. The van der Waals surface area contributed by atoms with Gasteiger partial charge in [-0.15, -0.1) is 0 Å². The van der Waals surface area contributed by atoms with Gasteiger partial charge in [-0.1, -0.05) is 36.4 Å². The van der Waals surface area contributed by atoms with E-state index in [1.54, 1.807) is 12.1 Å². The molecule has 2 unspecified atom stereocenters. The van der Waals surface area contributed by atoms with Crippen molar-refractivity contribution in [2.45, 2.75) is 20.3 Å². The molecular weight excluding hydrogens is 352 g/mol. The smallest absolute Gasteiger partial charge is 0.184 e. The summed E-state index contributed by atoms with van der Waals surface area (Å²) < 4.78 is 50.8. The van der Waals surface area contributed by atoms with E-state index in [0.29, 0.717) is 0 Å². The van der Waals surface area contributed by atoms with Gasteiger partial charge in [0.05, 0.1) is 23.0 Å². The number of hydrogen-bond acceptors (Lipinski definition) is 6. The fourth-order valence-electron chi connectivity index (χ4n) is 2.40. The van der Waals surface area contributed by atoms with E-state index in [9.17, 15) is 27.0 Å². The second-order valence-corrected chi connectivity index (χ2v) is 9.49. The summed E-state index contributed by atoms with van der Waals surface area (Å²) in [7, 11) is -8.29. The summed E-state index contributed by atoms with van der Waals surface area (Å²) in [5, 5.41) is 15.8. The van der Waals surface area contributed by atoms with Gasteiger partial charge in [-0.05, 0) is 24.3 Å². The molecule has 0 heterocycles. The second kappa shape index (κ2) is 7.43. The Morgan fingerprint density at radius 1 is 0.625 bits per heavy atom. The zero-order chi connectivity index (χ0) is 17.8. The maximum Gasteiger partial charge on any atom is 0.184 e. The maximum absolute atomic E-state index is 12.7. The fraction of sp³-hybridized carbons (Fsp3) is 0.250. The molecule has 0 fully saturated rings. The maximum atomic E-state index is 12.7. The highest BCUT2D eigenvalue weighted by atomic mass is 32.2. The first-order valence-electron chi connectivity index (χ1n) is 7.15. The van der Waals surface area contributed by atoms with E-state index in [0.717, 1.165) is 0 Å². The quantitative estimate of drug-likeness (QED) is 0.741. The average Bonchev–Trinajstić information content (AvgIpc) is 2.60. The lowest BCUT2D eigenvalue weighted by molar-refractivity contribution is 0.244. The van der Waals surface area contributed by atoms with Crippen molar-refractivity contribution < 1.29 is 27.0 Å². The third-order valence-electron chi connectivity index (χ3n) is 3.72. The van der Waals surface area contributed by atoms with Crippen LogP contribution in [0.15, 0.2) is 70.5 Å². The molecule has 0 radical (unpaired) electrons. The van der Waals surface area contributed by atoms with E-state index in [1.807, 2.05) is 0 Å². The minimum Gasteiger partial charge on any atom is -0.395 e. The van der Waals surface area contributed by atoms with Gasteiger partial charge in [-0.3, -0.25) is 0 Å². The Bertz CT molecular complexity index is 786. The number of rotatable bonds is 7. The van der Waals surface area contributed by atoms with Gasteiger partial charge in [-0.2, -0.15) is 0 Å². The summed E-state index contributed by atoms with van der Waals surface area (Å²) in [6.45, 7) is -1.84. The molecule has 0 aromatic heterocycles. The molecule has 0 amide bonds. The molecule has 130 valence electrons. The van der Waals surface area contributed by atoms with Crippen LogP contribution in [0.5, 0.6) is 0 Å². The molecule has 0 aliphatic rings. The van der Waals surface area contributed by atoms with Gasteiger partial charge >= 0.3 is 0 Å². The van der Waals surface area contributed by atoms with E-state index in [4.69, 9.17) is 0 Å². The lowest BCUT2D eigenvalue weighted by atomic mass is 10.3. The van der Waals surface area contributed by atoms with Crippen LogP contribution in [0.3, 0.4) is 0 Å². The molecule has 6 nitrogen and oxygen atoms in total. The molecule has 2 rings (SSSR count). The van der Waals surface area contributed by atoms with E-state index >= 15 is 0 Å². The summed E-state index contributed by atoms with van der Waals surface area (Å²) >= 11 is 0. The number of aliphatic hydroxyl groups excluding tert-OH is 2. The van der Waals surface area contributed by atoms with Crippen molar-refractivity contribution in [3.05, 3.63) is 60.7 Å². The third-order valence-corrected chi connectivity index (χ3v) is 8.30. The molecule has 8 heteroatoms. The number of aliphatic hydroxyl groups is 2. The molecule has 2 aromatic rings. The fourth-order valence-corrected chi connectivity index (χ4v) is 6.41. The minimum absolute atomic E-state index is 0.106. The Labute approximate surface area is 141 Å². The predicted molar refractivity (Wildman–Crippen MR) is 89.0 cm³/mol. The van der Waals surface area contributed by atoms with Crippen molar-refractivity contribution in [3.63, 3.8) is 0 Å². The lowest BCUT2D eigenvalue weighted by Crippen LogP contribution is -2.44. The predicted octanol–water partition coefficient (Wildman–Crippen LogP) is 0.656. The molecule has 0 saturated heterocycles. The zero-order valence-corrected chi connectivity index (χ0v) is 14.3. The zero-order valence-electron chi connectivity index (χ0n) is 12.7. The van der Waals surface area contributed by atoms with Crippen LogP contribution in [0.2, 0.25) is 0 Å². The third kappa shape index (κ3) is 3.51.